The molecule has 19 heavy (non-hydrogen) atoms. The Bertz CT molecular complexity index is 618. The van der Waals surface area contributed by atoms with Gasteiger partial charge in [0.1, 0.15) is 0 Å². The highest BCUT2D eigenvalue weighted by Crippen LogP contribution is 2.18. The van der Waals surface area contributed by atoms with Crippen LogP contribution in [0, 0.1) is 0 Å². The van der Waals surface area contributed by atoms with E-state index in [0.717, 1.165) is 12.2 Å². The number of nitrogens with one attached hydrogen (secondary N) is 1. The molecule has 0 aliphatic carbocycles. The maximum Gasteiger partial charge on any atom is 0.328 e. The molecule has 0 saturated heterocycles. The van der Waals surface area contributed by atoms with Gasteiger partial charge in [0.15, 0.2) is 0 Å². The van der Waals surface area contributed by atoms with Gasteiger partial charge in [0.05, 0.1) is 11.4 Å². The molecule has 2 N–H and O–H groups in total. The number of hydrogen-bond donors (Lipinski definition) is 2. The van der Waals surface area contributed by atoms with Gasteiger partial charge in [-0.25, -0.2) is 9.48 Å². The fourth-order valence-corrected chi connectivity index (χ4v) is 1.51. The van der Waals surface area contributed by atoms with E-state index in [2.05, 4.69) is 10.4 Å². The molecule has 0 fully saturated rings. The first-order valence-electron chi connectivity index (χ1n) is 5.48. The van der Waals surface area contributed by atoms with E-state index in [1.165, 1.54) is 0 Å². The summed E-state index contributed by atoms with van der Waals surface area (Å²) >= 11 is 0. The van der Waals surface area contributed by atoms with Crippen LogP contribution in [0.3, 0.4) is 0 Å². The summed E-state index contributed by atoms with van der Waals surface area (Å²) in [5.41, 5.74) is 1.25. The Morgan fingerprint density at radius 2 is 2.00 bits per heavy atom. The summed E-state index contributed by atoms with van der Waals surface area (Å²) in [6, 6.07) is 8.86. The summed E-state index contributed by atoms with van der Waals surface area (Å²) in [7, 11) is 0. The second-order valence-electron chi connectivity index (χ2n) is 3.63. The van der Waals surface area contributed by atoms with Crippen molar-refractivity contribution in [3.63, 3.8) is 0 Å². The van der Waals surface area contributed by atoms with Crippen LogP contribution in [0.25, 0.3) is 5.69 Å². The SMILES string of the molecule is O=C(O)/C=C/C(=O)Nc1ccccc1-n1cccn1. The number of aliphatic carboxylic acids is 1. The fourth-order valence-electron chi connectivity index (χ4n) is 1.51. The summed E-state index contributed by atoms with van der Waals surface area (Å²) in [6.45, 7) is 0. The lowest BCUT2D eigenvalue weighted by Crippen LogP contribution is -2.11. The topological polar surface area (TPSA) is 84.2 Å². The van der Waals surface area contributed by atoms with Crippen molar-refractivity contribution in [3.8, 4) is 5.69 Å². The van der Waals surface area contributed by atoms with Gasteiger partial charge < -0.3 is 10.4 Å². The van der Waals surface area contributed by atoms with Gasteiger partial charge in [-0.3, -0.25) is 4.79 Å². The molecule has 2 rings (SSSR count). The first kappa shape index (κ1) is 12.6. The molecule has 6 nitrogen and oxygen atoms in total. The maximum atomic E-state index is 11.5. The number of anilines is 1. The third kappa shape index (κ3) is 3.29. The van der Waals surface area contributed by atoms with Crippen LogP contribution >= 0.6 is 0 Å². The number of carboxylic acids is 1. The zero-order valence-electron chi connectivity index (χ0n) is 9.85. The van der Waals surface area contributed by atoms with E-state index in [0.29, 0.717) is 11.4 Å². The molecule has 0 radical (unpaired) electrons. The predicted octanol–water partition coefficient (Wildman–Crippen LogP) is 1.45. The lowest BCUT2D eigenvalue weighted by molar-refractivity contribution is -0.131. The highest BCUT2D eigenvalue weighted by atomic mass is 16.4. The van der Waals surface area contributed by atoms with E-state index < -0.39 is 11.9 Å². The molecule has 1 heterocycles. The van der Waals surface area contributed by atoms with Gasteiger partial charge in [-0.2, -0.15) is 5.10 Å². The molecule has 1 amide bonds. The van der Waals surface area contributed by atoms with Crippen LogP contribution in [0.5, 0.6) is 0 Å². The van der Waals surface area contributed by atoms with Crippen LogP contribution in [0.2, 0.25) is 0 Å². The lowest BCUT2D eigenvalue weighted by Gasteiger charge is -2.09. The summed E-state index contributed by atoms with van der Waals surface area (Å²) in [4.78, 5) is 21.9. The molecule has 0 aliphatic rings. The minimum absolute atomic E-state index is 0.512. The lowest BCUT2D eigenvalue weighted by atomic mass is 10.2. The van der Waals surface area contributed by atoms with Crippen molar-refractivity contribution < 1.29 is 14.7 Å². The van der Waals surface area contributed by atoms with Crippen LogP contribution < -0.4 is 5.32 Å². The van der Waals surface area contributed by atoms with E-state index in [9.17, 15) is 9.59 Å². The molecule has 0 aliphatic heterocycles. The first-order valence-corrected chi connectivity index (χ1v) is 5.48. The van der Waals surface area contributed by atoms with Gasteiger partial charge in [0.2, 0.25) is 5.91 Å². The van der Waals surface area contributed by atoms with Crippen molar-refractivity contribution in [2.24, 2.45) is 0 Å². The average Bonchev–Trinajstić information content (AvgIpc) is 2.91. The molecule has 1 aromatic carbocycles. The molecule has 0 bridgehead atoms. The number of carbonyl (C=O) groups excluding carboxylic acids is 1. The Kier molecular flexibility index (Phi) is 3.72. The summed E-state index contributed by atoms with van der Waals surface area (Å²) in [5, 5.41) is 15.1. The highest BCUT2D eigenvalue weighted by Gasteiger charge is 2.06. The van der Waals surface area contributed by atoms with Crippen molar-refractivity contribution in [1.29, 1.82) is 0 Å². The van der Waals surface area contributed by atoms with E-state index in [-0.39, 0.29) is 0 Å². The molecule has 2 aromatic rings. The number of carbonyl (C=O) groups is 2. The standard InChI is InChI=1S/C13H11N3O3/c17-12(6-7-13(18)19)15-10-4-1-2-5-11(10)16-9-3-8-14-16/h1-9H,(H,15,17)(H,18,19)/b7-6+. The number of carboxylic acid groups (broad SMARTS) is 1. The van der Waals surface area contributed by atoms with Gasteiger partial charge in [-0.15, -0.1) is 0 Å². The summed E-state index contributed by atoms with van der Waals surface area (Å²) < 4.78 is 1.61. The average molecular weight is 257 g/mol. The Labute approximate surface area is 109 Å². The van der Waals surface area contributed by atoms with Gasteiger partial charge in [-0.1, -0.05) is 12.1 Å². The van der Waals surface area contributed by atoms with E-state index in [1.54, 1.807) is 41.3 Å². The minimum atomic E-state index is -1.17. The highest BCUT2D eigenvalue weighted by molar-refractivity contribution is 6.03. The molecule has 0 spiro atoms. The number of hydrogen-bond acceptors (Lipinski definition) is 3. The van der Waals surface area contributed by atoms with Crippen LogP contribution in [0.4, 0.5) is 5.69 Å². The Morgan fingerprint density at radius 3 is 2.68 bits per heavy atom. The number of aromatic nitrogens is 2. The van der Waals surface area contributed by atoms with E-state index in [1.807, 2.05) is 6.07 Å². The molecule has 0 unspecified atom stereocenters. The molecule has 1 aromatic heterocycles. The van der Waals surface area contributed by atoms with Gasteiger partial charge in [0, 0.05) is 24.5 Å². The number of para-hydroxylation sites is 2. The normalized spacial score (nSPS) is 10.5. The second-order valence-corrected chi connectivity index (χ2v) is 3.63. The van der Waals surface area contributed by atoms with Gasteiger partial charge in [0.25, 0.3) is 0 Å². The first-order chi connectivity index (χ1) is 9.16. The van der Waals surface area contributed by atoms with Crippen molar-refractivity contribution in [1.82, 2.24) is 9.78 Å². The van der Waals surface area contributed by atoms with Crippen LogP contribution in [-0.4, -0.2) is 26.8 Å². The monoisotopic (exact) mass is 257 g/mol. The fraction of sp³-hybridized carbons (Fsp3) is 0. The third-order valence-corrected chi connectivity index (χ3v) is 2.29. The second kappa shape index (κ2) is 5.63. The zero-order valence-corrected chi connectivity index (χ0v) is 9.85. The summed E-state index contributed by atoms with van der Waals surface area (Å²) in [6.07, 6.45) is 5.12. The third-order valence-electron chi connectivity index (χ3n) is 2.29. The van der Waals surface area contributed by atoms with E-state index in [4.69, 9.17) is 5.11 Å². The number of nitrogens with zero attached hydrogens (tertiary/aromatic N) is 2. The molecular weight excluding hydrogens is 246 g/mol. The molecular formula is C13H11N3O3. The van der Waals surface area contributed by atoms with Gasteiger partial charge in [-0.05, 0) is 18.2 Å². The molecule has 96 valence electrons. The van der Waals surface area contributed by atoms with Crippen LogP contribution in [0.1, 0.15) is 0 Å². The zero-order chi connectivity index (χ0) is 13.7. The van der Waals surface area contributed by atoms with Crippen LogP contribution in [-0.2, 0) is 9.59 Å². The Hall–Kier alpha value is -2.89. The largest absolute Gasteiger partial charge is 0.478 e. The number of benzene rings is 1. The molecule has 6 heteroatoms. The quantitative estimate of drug-likeness (QED) is 0.812. The summed E-state index contributed by atoms with van der Waals surface area (Å²) in [5.74, 6) is -1.68. The Balaban J connectivity index is 2.22. The van der Waals surface area contributed by atoms with Crippen molar-refractivity contribution in [3.05, 3.63) is 54.9 Å². The smallest absolute Gasteiger partial charge is 0.328 e. The Morgan fingerprint density at radius 1 is 1.21 bits per heavy atom. The van der Waals surface area contributed by atoms with Crippen molar-refractivity contribution >= 4 is 17.6 Å². The predicted molar refractivity (Wildman–Crippen MR) is 69.0 cm³/mol. The molecule has 0 atom stereocenters. The van der Waals surface area contributed by atoms with Gasteiger partial charge >= 0.3 is 5.97 Å². The minimum Gasteiger partial charge on any atom is -0.478 e. The van der Waals surface area contributed by atoms with Crippen molar-refractivity contribution in [2.75, 3.05) is 5.32 Å². The number of amides is 1. The van der Waals surface area contributed by atoms with E-state index >= 15 is 0 Å². The molecule has 0 saturated carbocycles. The maximum absolute atomic E-state index is 11.5. The van der Waals surface area contributed by atoms with Crippen molar-refractivity contribution in [2.45, 2.75) is 0 Å². The number of rotatable bonds is 4. The van der Waals surface area contributed by atoms with Crippen LogP contribution in [0.15, 0.2) is 54.9 Å².